The van der Waals surface area contributed by atoms with E-state index in [-0.39, 0.29) is 12.5 Å². The Labute approximate surface area is 105 Å². The first-order valence-electron chi connectivity index (χ1n) is 6.04. The van der Waals surface area contributed by atoms with Gasteiger partial charge in [-0.1, -0.05) is 0 Å². The molecule has 2 atom stereocenters. The van der Waals surface area contributed by atoms with E-state index in [0.29, 0.717) is 31.6 Å². The minimum Gasteiger partial charge on any atom is -0.396 e. The Kier molecular flexibility index (Phi) is 4.27. The molecule has 1 aliphatic rings. The van der Waals surface area contributed by atoms with Crippen LogP contribution in [0.2, 0.25) is 0 Å². The number of likely N-dealkylation sites (tertiary alicyclic amines) is 1. The van der Waals surface area contributed by atoms with Crippen LogP contribution in [0.1, 0.15) is 12.0 Å². The summed E-state index contributed by atoms with van der Waals surface area (Å²) in [4.78, 5) is 1.99. The highest BCUT2D eigenvalue weighted by Gasteiger charge is 2.27. The molecule has 2 N–H and O–H groups in total. The van der Waals surface area contributed by atoms with Crippen molar-refractivity contribution >= 4 is 0 Å². The number of hydrogen-bond acceptors (Lipinski definition) is 3. The molecule has 5 heteroatoms. The third kappa shape index (κ3) is 3.25. The zero-order valence-electron chi connectivity index (χ0n) is 10.0. The number of hydrogen-bond donors (Lipinski definition) is 2. The van der Waals surface area contributed by atoms with E-state index in [1.807, 2.05) is 4.90 Å². The van der Waals surface area contributed by atoms with Gasteiger partial charge < -0.3 is 10.2 Å². The minimum absolute atomic E-state index is 0.0742. The lowest BCUT2D eigenvalue weighted by Crippen LogP contribution is -2.44. The Balaban J connectivity index is 2.01. The Morgan fingerprint density at radius 3 is 2.50 bits per heavy atom. The summed E-state index contributed by atoms with van der Waals surface area (Å²) in [6.45, 7) is 1.55. The molecule has 1 fully saturated rings. The van der Waals surface area contributed by atoms with Crippen LogP contribution >= 0.6 is 0 Å². The molecule has 0 saturated carbocycles. The van der Waals surface area contributed by atoms with Gasteiger partial charge in [0, 0.05) is 38.2 Å². The summed E-state index contributed by atoms with van der Waals surface area (Å²) in [5.74, 6) is -1.35. The molecule has 0 aliphatic carbocycles. The molecule has 2 rings (SSSR count). The van der Waals surface area contributed by atoms with Gasteiger partial charge >= 0.3 is 0 Å². The van der Waals surface area contributed by atoms with E-state index < -0.39 is 17.7 Å². The predicted octanol–water partition coefficient (Wildman–Crippen LogP) is 1.14. The van der Waals surface area contributed by atoms with Crippen LogP contribution in [0.4, 0.5) is 8.78 Å². The summed E-state index contributed by atoms with van der Waals surface area (Å²) in [5.41, 5.74) is 0.570. The fraction of sp³-hybridized carbons (Fsp3) is 0.538. The predicted molar refractivity (Wildman–Crippen MR) is 62.8 cm³/mol. The number of rotatable bonds is 3. The van der Waals surface area contributed by atoms with Gasteiger partial charge in [0.2, 0.25) is 0 Å². The first kappa shape index (κ1) is 13.4. The van der Waals surface area contributed by atoms with Gasteiger partial charge in [0.25, 0.3) is 0 Å². The Bertz CT molecular complexity index is 394. The highest BCUT2D eigenvalue weighted by Crippen LogP contribution is 2.19. The molecule has 100 valence electrons. The Hall–Kier alpha value is -1.04. The van der Waals surface area contributed by atoms with Gasteiger partial charge in [-0.05, 0) is 24.1 Å². The first-order chi connectivity index (χ1) is 8.58. The molecule has 0 unspecified atom stereocenters. The summed E-state index contributed by atoms with van der Waals surface area (Å²) in [6.07, 6.45) is 0.0822. The van der Waals surface area contributed by atoms with Gasteiger partial charge in [0.1, 0.15) is 11.6 Å². The van der Waals surface area contributed by atoms with Crippen molar-refractivity contribution in [3.8, 4) is 0 Å². The maximum atomic E-state index is 13.0. The van der Waals surface area contributed by atoms with Crippen molar-refractivity contribution in [2.75, 3.05) is 19.7 Å². The second kappa shape index (κ2) is 5.73. The zero-order chi connectivity index (χ0) is 13.1. The van der Waals surface area contributed by atoms with Gasteiger partial charge in [-0.15, -0.1) is 0 Å². The largest absolute Gasteiger partial charge is 0.396 e. The number of aliphatic hydroxyl groups is 2. The molecule has 0 bridgehead atoms. The summed E-state index contributed by atoms with van der Waals surface area (Å²) in [5, 5.41) is 18.8. The van der Waals surface area contributed by atoms with Crippen LogP contribution in [-0.4, -0.2) is 40.9 Å². The van der Waals surface area contributed by atoms with Crippen molar-refractivity contribution in [3.05, 3.63) is 35.4 Å². The Morgan fingerprint density at radius 2 is 1.89 bits per heavy atom. The number of piperidine rings is 1. The lowest BCUT2D eigenvalue weighted by atomic mass is 9.95. The first-order valence-corrected chi connectivity index (χ1v) is 6.04. The monoisotopic (exact) mass is 257 g/mol. The molecule has 1 aliphatic heterocycles. The third-order valence-corrected chi connectivity index (χ3v) is 3.34. The van der Waals surface area contributed by atoms with Gasteiger partial charge in [-0.2, -0.15) is 0 Å². The number of halogens is 2. The van der Waals surface area contributed by atoms with Crippen molar-refractivity contribution in [2.45, 2.75) is 19.1 Å². The van der Waals surface area contributed by atoms with Crippen molar-refractivity contribution in [1.29, 1.82) is 0 Å². The van der Waals surface area contributed by atoms with Crippen LogP contribution < -0.4 is 0 Å². The molecular weight excluding hydrogens is 240 g/mol. The van der Waals surface area contributed by atoms with Crippen LogP contribution in [0.15, 0.2) is 18.2 Å². The van der Waals surface area contributed by atoms with Crippen LogP contribution in [0.25, 0.3) is 0 Å². The van der Waals surface area contributed by atoms with Gasteiger partial charge in [0.05, 0.1) is 6.10 Å². The molecule has 0 amide bonds. The van der Waals surface area contributed by atoms with Crippen LogP contribution in [0, 0.1) is 17.6 Å². The van der Waals surface area contributed by atoms with Crippen molar-refractivity contribution in [1.82, 2.24) is 4.90 Å². The molecule has 1 saturated heterocycles. The van der Waals surface area contributed by atoms with Gasteiger partial charge in [-0.25, -0.2) is 8.78 Å². The molecule has 0 radical (unpaired) electrons. The van der Waals surface area contributed by atoms with Crippen LogP contribution in [0.5, 0.6) is 0 Å². The molecular formula is C13H17F2NO2. The average Bonchev–Trinajstić information content (AvgIpc) is 2.30. The summed E-state index contributed by atoms with van der Waals surface area (Å²) in [7, 11) is 0. The fourth-order valence-corrected chi connectivity index (χ4v) is 2.38. The van der Waals surface area contributed by atoms with Crippen molar-refractivity contribution < 1.29 is 19.0 Å². The fourth-order valence-electron chi connectivity index (χ4n) is 2.38. The van der Waals surface area contributed by atoms with Crippen LogP contribution in [-0.2, 0) is 6.54 Å². The third-order valence-electron chi connectivity index (χ3n) is 3.34. The van der Waals surface area contributed by atoms with Crippen molar-refractivity contribution in [3.63, 3.8) is 0 Å². The molecule has 1 heterocycles. The second-order valence-electron chi connectivity index (χ2n) is 4.81. The number of nitrogens with zero attached hydrogens (tertiary/aromatic N) is 1. The van der Waals surface area contributed by atoms with E-state index in [1.165, 1.54) is 12.1 Å². The average molecular weight is 257 g/mol. The van der Waals surface area contributed by atoms with E-state index in [4.69, 9.17) is 5.11 Å². The number of aliphatic hydroxyl groups excluding tert-OH is 2. The summed E-state index contributed by atoms with van der Waals surface area (Å²) < 4.78 is 26.1. The molecule has 0 spiro atoms. The van der Waals surface area contributed by atoms with Crippen LogP contribution in [0.3, 0.4) is 0 Å². The molecule has 1 aromatic carbocycles. The molecule has 1 aromatic rings. The van der Waals surface area contributed by atoms with E-state index in [1.54, 1.807) is 0 Å². The quantitative estimate of drug-likeness (QED) is 0.853. The van der Waals surface area contributed by atoms with E-state index >= 15 is 0 Å². The van der Waals surface area contributed by atoms with E-state index in [0.717, 1.165) is 6.07 Å². The Morgan fingerprint density at radius 1 is 1.22 bits per heavy atom. The molecule has 18 heavy (non-hydrogen) atoms. The lowest BCUT2D eigenvalue weighted by molar-refractivity contribution is -0.00205. The highest BCUT2D eigenvalue weighted by molar-refractivity contribution is 5.17. The topological polar surface area (TPSA) is 43.7 Å². The normalized spacial score (nSPS) is 25.3. The van der Waals surface area contributed by atoms with E-state index in [2.05, 4.69) is 0 Å². The maximum absolute atomic E-state index is 13.0. The van der Waals surface area contributed by atoms with E-state index in [9.17, 15) is 13.9 Å². The molecule has 3 nitrogen and oxygen atoms in total. The van der Waals surface area contributed by atoms with Gasteiger partial charge in [-0.3, -0.25) is 4.90 Å². The zero-order valence-corrected chi connectivity index (χ0v) is 10.0. The molecule has 0 aromatic heterocycles. The minimum atomic E-state index is -0.583. The second-order valence-corrected chi connectivity index (χ2v) is 4.81. The summed E-state index contributed by atoms with van der Waals surface area (Å²) in [6, 6.07) is 3.46. The maximum Gasteiger partial charge on any atom is 0.126 e. The smallest absolute Gasteiger partial charge is 0.126 e. The highest BCUT2D eigenvalue weighted by atomic mass is 19.1. The van der Waals surface area contributed by atoms with Crippen molar-refractivity contribution in [2.24, 2.45) is 5.92 Å². The lowest BCUT2D eigenvalue weighted by Gasteiger charge is -2.35. The van der Waals surface area contributed by atoms with Gasteiger partial charge in [0.15, 0.2) is 0 Å². The summed E-state index contributed by atoms with van der Waals surface area (Å²) >= 11 is 0. The standard InChI is InChI=1S/C13H17F2NO2/c14-11-3-9(4-12(15)5-11)6-16-2-1-13(18)10(7-16)8-17/h3-5,10,13,17-18H,1-2,6-8H2/t10-,13-/m1/s1. The SMILES string of the molecule is OC[C@H]1CN(Cc2cc(F)cc(F)c2)CC[C@H]1O. The number of benzene rings is 1.